The van der Waals surface area contributed by atoms with E-state index in [4.69, 9.17) is 4.74 Å². The summed E-state index contributed by atoms with van der Waals surface area (Å²) in [5, 5.41) is 0. The molecule has 0 spiro atoms. The lowest BCUT2D eigenvalue weighted by atomic mass is 10.0. The van der Waals surface area contributed by atoms with Crippen molar-refractivity contribution in [3.8, 4) is 0 Å². The number of carbonyl (C=O) groups excluding carboxylic acids is 1. The van der Waals surface area contributed by atoms with Crippen molar-refractivity contribution in [2.45, 2.75) is 34.1 Å². The molecule has 0 bridgehead atoms. The summed E-state index contributed by atoms with van der Waals surface area (Å²) >= 11 is 0. The van der Waals surface area contributed by atoms with Crippen molar-refractivity contribution in [3.63, 3.8) is 0 Å². The molecule has 0 amide bonds. The van der Waals surface area contributed by atoms with Gasteiger partial charge < -0.3 is 4.74 Å². The van der Waals surface area contributed by atoms with Crippen LogP contribution in [0.3, 0.4) is 0 Å². The highest BCUT2D eigenvalue weighted by Crippen LogP contribution is 2.20. The summed E-state index contributed by atoms with van der Waals surface area (Å²) in [6, 6.07) is 0. The highest BCUT2D eigenvalue weighted by atomic mass is 16.5. The van der Waals surface area contributed by atoms with Crippen molar-refractivity contribution in [2.24, 2.45) is 0 Å². The molecule has 0 saturated carbocycles. The van der Waals surface area contributed by atoms with Gasteiger partial charge in [-0.15, -0.1) is 0 Å². The number of carbonyl (C=O) groups is 1. The lowest BCUT2D eigenvalue weighted by Crippen LogP contribution is -2.16. The fourth-order valence-corrected chi connectivity index (χ4v) is 1.21. The topological polar surface area (TPSA) is 26.3 Å². The number of ether oxygens (including phenoxy) is 1. The van der Waals surface area contributed by atoms with E-state index < -0.39 is 0 Å². The van der Waals surface area contributed by atoms with Gasteiger partial charge in [-0.05, 0) is 26.0 Å². The molecule has 15 heavy (non-hydrogen) atoms. The van der Waals surface area contributed by atoms with Crippen molar-refractivity contribution < 1.29 is 9.53 Å². The molecule has 2 nitrogen and oxygen atoms in total. The SMILES string of the molecule is CC.C\C=C/C=C1/C(=O)CCO/C1=C/C. The number of hydrogen-bond acceptors (Lipinski definition) is 2. The highest BCUT2D eigenvalue weighted by Gasteiger charge is 2.19. The van der Waals surface area contributed by atoms with E-state index in [1.165, 1.54) is 0 Å². The van der Waals surface area contributed by atoms with Crippen LogP contribution in [0.5, 0.6) is 0 Å². The third-order valence-electron chi connectivity index (χ3n) is 1.87. The van der Waals surface area contributed by atoms with Gasteiger partial charge in [-0.25, -0.2) is 0 Å². The van der Waals surface area contributed by atoms with Gasteiger partial charge in [0.05, 0.1) is 12.2 Å². The monoisotopic (exact) mass is 208 g/mol. The van der Waals surface area contributed by atoms with Crippen LogP contribution in [0.25, 0.3) is 0 Å². The van der Waals surface area contributed by atoms with Gasteiger partial charge in [0, 0.05) is 6.42 Å². The Hall–Kier alpha value is -1.31. The van der Waals surface area contributed by atoms with Gasteiger partial charge in [-0.2, -0.15) is 0 Å². The second-order valence-corrected chi connectivity index (χ2v) is 2.78. The predicted octanol–water partition coefficient (Wildman–Crippen LogP) is 3.41. The van der Waals surface area contributed by atoms with Crippen molar-refractivity contribution >= 4 is 5.78 Å². The first-order chi connectivity index (χ1) is 7.29. The molecule has 0 aliphatic carbocycles. The maximum absolute atomic E-state index is 11.4. The van der Waals surface area contributed by atoms with Gasteiger partial charge in [0.15, 0.2) is 5.78 Å². The molecule has 84 valence electrons. The van der Waals surface area contributed by atoms with Gasteiger partial charge >= 0.3 is 0 Å². The molecule has 0 aromatic rings. The van der Waals surface area contributed by atoms with Crippen molar-refractivity contribution in [1.82, 2.24) is 0 Å². The minimum Gasteiger partial charge on any atom is -0.493 e. The molecule has 0 unspecified atom stereocenters. The number of rotatable bonds is 1. The Balaban J connectivity index is 0.000000921. The molecule has 0 radical (unpaired) electrons. The molecule has 0 aromatic heterocycles. The molecule has 1 saturated heterocycles. The minimum atomic E-state index is 0.164. The standard InChI is InChI=1S/C11H14O2.C2H6/c1-3-5-6-9-10(12)7-8-13-11(9)4-2;1-2/h3-6H,7-8H2,1-2H3;1-2H3/b5-3-,9-6-,11-4+;. The van der Waals surface area contributed by atoms with Gasteiger partial charge in [0.25, 0.3) is 0 Å². The zero-order valence-electron chi connectivity index (χ0n) is 10.0. The molecule has 1 aliphatic heterocycles. The lowest BCUT2D eigenvalue weighted by Gasteiger charge is -2.17. The number of hydrogen-bond donors (Lipinski definition) is 0. The molecule has 1 fully saturated rings. The molecule has 1 heterocycles. The molecular weight excluding hydrogens is 188 g/mol. The quantitative estimate of drug-likeness (QED) is 0.617. The Kier molecular flexibility index (Phi) is 7.33. The Labute approximate surface area is 92.3 Å². The van der Waals surface area contributed by atoms with Crippen LogP contribution in [0.15, 0.2) is 35.6 Å². The Morgan fingerprint density at radius 2 is 1.93 bits per heavy atom. The molecule has 0 aromatic carbocycles. The van der Waals surface area contributed by atoms with Crippen LogP contribution in [0.2, 0.25) is 0 Å². The smallest absolute Gasteiger partial charge is 0.169 e. The van der Waals surface area contributed by atoms with Crippen molar-refractivity contribution in [1.29, 1.82) is 0 Å². The first kappa shape index (κ1) is 13.7. The highest BCUT2D eigenvalue weighted by molar-refractivity contribution is 6.00. The molecule has 2 heteroatoms. The Morgan fingerprint density at radius 1 is 1.27 bits per heavy atom. The summed E-state index contributed by atoms with van der Waals surface area (Å²) in [5.74, 6) is 0.867. The first-order valence-electron chi connectivity index (χ1n) is 5.45. The molecule has 1 aliphatic rings. The van der Waals surface area contributed by atoms with E-state index in [1.807, 2.05) is 45.9 Å². The molecule has 1 rings (SSSR count). The fraction of sp³-hybridized carbons (Fsp3) is 0.462. The van der Waals surface area contributed by atoms with E-state index in [-0.39, 0.29) is 5.78 Å². The zero-order valence-corrected chi connectivity index (χ0v) is 10.0. The van der Waals surface area contributed by atoms with E-state index in [1.54, 1.807) is 6.08 Å². The average molecular weight is 208 g/mol. The van der Waals surface area contributed by atoms with Crippen LogP contribution in [-0.4, -0.2) is 12.4 Å². The maximum Gasteiger partial charge on any atom is 0.169 e. The van der Waals surface area contributed by atoms with Gasteiger partial charge in [0.2, 0.25) is 0 Å². The third kappa shape index (κ3) is 4.15. The molecule has 0 N–H and O–H groups in total. The number of ketones is 1. The number of allylic oxidation sites excluding steroid dienone is 5. The van der Waals surface area contributed by atoms with Crippen molar-refractivity contribution in [3.05, 3.63) is 35.6 Å². The second-order valence-electron chi connectivity index (χ2n) is 2.78. The van der Waals surface area contributed by atoms with Gasteiger partial charge in [0.1, 0.15) is 5.76 Å². The van der Waals surface area contributed by atoms with Crippen LogP contribution >= 0.6 is 0 Å². The normalized spacial score (nSPS) is 21.5. The Morgan fingerprint density at radius 3 is 2.47 bits per heavy atom. The summed E-state index contributed by atoms with van der Waals surface area (Å²) in [4.78, 5) is 11.4. The van der Waals surface area contributed by atoms with Crippen LogP contribution in [-0.2, 0) is 9.53 Å². The van der Waals surface area contributed by atoms with Gasteiger partial charge in [-0.3, -0.25) is 4.79 Å². The average Bonchev–Trinajstić information content (AvgIpc) is 2.30. The van der Waals surface area contributed by atoms with E-state index in [9.17, 15) is 4.79 Å². The second kappa shape index (κ2) is 8.04. The van der Waals surface area contributed by atoms with Crippen LogP contribution < -0.4 is 0 Å². The summed E-state index contributed by atoms with van der Waals surface area (Å²) in [6.45, 7) is 8.30. The van der Waals surface area contributed by atoms with Gasteiger partial charge in [-0.1, -0.05) is 26.0 Å². The minimum absolute atomic E-state index is 0.164. The summed E-state index contributed by atoms with van der Waals surface area (Å²) < 4.78 is 5.35. The largest absolute Gasteiger partial charge is 0.493 e. The third-order valence-corrected chi connectivity index (χ3v) is 1.87. The number of Topliss-reactive ketones (excluding diaryl/α,β-unsaturated/α-hetero) is 1. The first-order valence-corrected chi connectivity index (χ1v) is 5.45. The summed E-state index contributed by atoms with van der Waals surface area (Å²) in [7, 11) is 0. The van der Waals surface area contributed by atoms with Crippen molar-refractivity contribution in [2.75, 3.05) is 6.61 Å². The Bertz CT molecular complexity index is 283. The van der Waals surface area contributed by atoms with Crippen LogP contribution in [0, 0.1) is 0 Å². The lowest BCUT2D eigenvalue weighted by molar-refractivity contribution is -0.117. The van der Waals surface area contributed by atoms with E-state index in [0.29, 0.717) is 24.4 Å². The fourth-order valence-electron chi connectivity index (χ4n) is 1.21. The van der Waals surface area contributed by atoms with Crippen LogP contribution in [0.1, 0.15) is 34.1 Å². The van der Waals surface area contributed by atoms with E-state index in [0.717, 1.165) is 0 Å². The van der Waals surface area contributed by atoms with E-state index in [2.05, 4.69) is 0 Å². The van der Waals surface area contributed by atoms with E-state index >= 15 is 0 Å². The summed E-state index contributed by atoms with van der Waals surface area (Å²) in [5.41, 5.74) is 0.687. The molecule has 0 atom stereocenters. The predicted molar refractivity (Wildman–Crippen MR) is 63.6 cm³/mol. The molecular formula is C13H20O2. The summed E-state index contributed by atoms with van der Waals surface area (Å²) in [6.07, 6.45) is 7.86. The van der Waals surface area contributed by atoms with Crippen LogP contribution in [0.4, 0.5) is 0 Å². The zero-order chi connectivity index (χ0) is 11.7. The maximum atomic E-state index is 11.4.